The summed E-state index contributed by atoms with van der Waals surface area (Å²) in [4.78, 5) is 24.5. The molecule has 0 spiro atoms. The molecule has 0 unspecified atom stereocenters. The molecule has 1 rings (SSSR count). The van der Waals surface area contributed by atoms with Crippen molar-refractivity contribution in [3.05, 3.63) is 11.3 Å². The van der Waals surface area contributed by atoms with Crippen LogP contribution in [0.2, 0.25) is 0 Å². The number of hydrogen-bond donors (Lipinski definition) is 1. The lowest BCUT2D eigenvalue weighted by atomic mass is 10.2. The second-order valence-corrected chi connectivity index (χ2v) is 5.70. The monoisotopic (exact) mass is 274 g/mol. The van der Waals surface area contributed by atoms with Gasteiger partial charge in [0.25, 0.3) is 0 Å². The average Bonchev–Trinajstić information content (AvgIpc) is 2.62. The molecule has 18 heavy (non-hydrogen) atoms. The van der Waals surface area contributed by atoms with Crippen LogP contribution in [-0.4, -0.2) is 34.5 Å². The Bertz CT molecular complexity index is 374. The predicted molar refractivity (Wildman–Crippen MR) is 68.4 cm³/mol. The molecule has 1 amide bonds. The fourth-order valence-electron chi connectivity index (χ4n) is 1.05. The van der Waals surface area contributed by atoms with Gasteiger partial charge in [0.15, 0.2) is 0 Å². The van der Waals surface area contributed by atoms with E-state index in [-0.39, 0.29) is 5.88 Å². The summed E-state index contributed by atoms with van der Waals surface area (Å²) in [6, 6.07) is -0.739. The van der Waals surface area contributed by atoms with Gasteiger partial charge in [-0.15, -0.1) is 11.8 Å². The summed E-state index contributed by atoms with van der Waals surface area (Å²) in [6.45, 7) is 6.82. The van der Waals surface area contributed by atoms with Crippen LogP contribution in [0, 0.1) is 0 Å². The summed E-state index contributed by atoms with van der Waals surface area (Å²) in [7, 11) is 0. The Morgan fingerprint density at radius 3 is 2.61 bits per heavy atom. The SMILES string of the molecule is C[C@H](N)C(=O)OC1=CSCN1C(=O)OC(C)(C)C. The molecule has 7 heteroatoms. The van der Waals surface area contributed by atoms with E-state index in [1.807, 2.05) is 0 Å². The van der Waals surface area contributed by atoms with Gasteiger partial charge in [0.1, 0.15) is 11.6 Å². The third-order valence-corrected chi connectivity index (χ3v) is 2.62. The topological polar surface area (TPSA) is 81.9 Å². The van der Waals surface area contributed by atoms with Crippen molar-refractivity contribution in [2.75, 3.05) is 5.88 Å². The molecular weight excluding hydrogens is 256 g/mol. The second kappa shape index (κ2) is 5.62. The quantitative estimate of drug-likeness (QED) is 0.770. The molecule has 6 nitrogen and oxygen atoms in total. The van der Waals surface area contributed by atoms with Crippen LogP contribution in [0.4, 0.5) is 4.79 Å². The molecule has 102 valence electrons. The van der Waals surface area contributed by atoms with E-state index in [1.165, 1.54) is 23.6 Å². The van der Waals surface area contributed by atoms with E-state index in [1.54, 1.807) is 26.2 Å². The predicted octanol–water partition coefficient (Wildman–Crippen LogP) is 1.62. The fraction of sp³-hybridized carbons (Fsp3) is 0.636. The van der Waals surface area contributed by atoms with Gasteiger partial charge in [-0.2, -0.15) is 0 Å². The zero-order chi connectivity index (χ0) is 13.9. The highest BCUT2D eigenvalue weighted by atomic mass is 32.2. The lowest BCUT2D eigenvalue weighted by molar-refractivity contribution is -0.142. The molecule has 0 saturated heterocycles. The minimum Gasteiger partial charge on any atom is -0.443 e. The molecule has 1 heterocycles. The Kier molecular flexibility index (Phi) is 4.64. The number of thioether (sulfide) groups is 1. The molecule has 0 aromatic rings. The summed E-state index contributed by atoms with van der Waals surface area (Å²) in [5.74, 6) is -0.0647. The molecule has 1 atom stereocenters. The summed E-state index contributed by atoms with van der Waals surface area (Å²) < 4.78 is 10.2. The van der Waals surface area contributed by atoms with Gasteiger partial charge in [0, 0.05) is 5.41 Å². The molecule has 1 aliphatic rings. The fourth-order valence-corrected chi connectivity index (χ4v) is 1.82. The Labute approximate surface area is 110 Å². The zero-order valence-electron chi connectivity index (χ0n) is 10.9. The number of amides is 1. The molecule has 0 radical (unpaired) electrons. The van der Waals surface area contributed by atoms with Crippen molar-refractivity contribution in [3.63, 3.8) is 0 Å². The van der Waals surface area contributed by atoms with Gasteiger partial charge in [-0.1, -0.05) is 0 Å². The van der Waals surface area contributed by atoms with E-state index in [0.717, 1.165) is 0 Å². The number of nitrogens with zero attached hydrogens (tertiary/aromatic N) is 1. The molecule has 0 aromatic carbocycles. The molecule has 2 N–H and O–H groups in total. The third kappa shape index (κ3) is 4.23. The van der Waals surface area contributed by atoms with Gasteiger partial charge in [-0.05, 0) is 27.7 Å². The van der Waals surface area contributed by atoms with Gasteiger partial charge >= 0.3 is 12.1 Å². The minimum absolute atomic E-state index is 0.163. The van der Waals surface area contributed by atoms with Crippen molar-refractivity contribution in [1.82, 2.24) is 4.90 Å². The number of nitrogens with two attached hydrogens (primary N) is 1. The first-order valence-electron chi connectivity index (χ1n) is 5.50. The second-order valence-electron chi connectivity index (χ2n) is 4.87. The normalized spacial score (nSPS) is 17.2. The van der Waals surface area contributed by atoms with E-state index in [2.05, 4.69) is 0 Å². The van der Waals surface area contributed by atoms with Crippen LogP contribution < -0.4 is 5.73 Å². The molecule has 1 aliphatic heterocycles. The van der Waals surface area contributed by atoms with E-state index >= 15 is 0 Å². The molecule has 0 bridgehead atoms. The van der Waals surface area contributed by atoms with Crippen molar-refractivity contribution < 1.29 is 19.1 Å². The van der Waals surface area contributed by atoms with E-state index < -0.39 is 23.7 Å². The van der Waals surface area contributed by atoms with Crippen molar-refractivity contribution >= 4 is 23.8 Å². The largest absolute Gasteiger partial charge is 0.443 e. The Balaban J connectivity index is 2.65. The summed E-state index contributed by atoms with van der Waals surface area (Å²) >= 11 is 1.34. The van der Waals surface area contributed by atoms with E-state index in [4.69, 9.17) is 15.2 Å². The summed E-state index contributed by atoms with van der Waals surface area (Å²) in [5.41, 5.74) is 4.80. The molecule has 0 saturated carbocycles. The highest BCUT2D eigenvalue weighted by Crippen LogP contribution is 2.26. The number of carbonyl (C=O) groups is 2. The Morgan fingerprint density at radius 1 is 1.50 bits per heavy atom. The average molecular weight is 274 g/mol. The van der Waals surface area contributed by atoms with Crippen LogP contribution in [0.5, 0.6) is 0 Å². The van der Waals surface area contributed by atoms with Crippen LogP contribution in [0.25, 0.3) is 0 Å². The molecule has 0 aliphatic carbocycles. The summed E-state index contributed by atoms with van der Waals surface area (Å²) in [5, 5.41) is 1.59. The van der Waals surface area contributed by atoms with Gasteiger partial charge < -0.3 is 15.2 Å². The van der Waals surface area contributed by atoms with Crippen LogP contribution in [0.1, 0.15) is 27.7 Å². The van der Waals surface area contributed by atoms with Crippen LogP contribution >= 0.6 is 11.8 Å². The van der Waals surface area contributed by atoms with Gasteiger partial charge in [0.2, 0.25) is 5.88 Å². The van der Waals surface area contributed by atoms with Crippen LogP contribution in [0.3, 0.4) is 0 Å². The number of hydrogen-bond acceptors (Lipinski definition) is 6. The Hall–Kier alpha value is -1.21. The maximum Gasteiger partial charge on any atom is 0.417 e. The summed E-state index contributed by atoms with van der Waals surface area (Å²) in [6.07, 6.45) is -0.545. The van der Waals surface area contributed by atoms with Crippen molar-refractivity contribution in [2.24, 2.45) is 5.73 Å². The Morgan fingerprint density at radius 2 is 2.11 bits per heavy atom. The van der Waals surface area contributed by atoms with Crippen molar-refractivity contribution in [3.8, 4) is 0 Å². The van der Waals surface area contributed by atoms with Crippen molar-refractivity contribution in [1.29, 1.82) is 0 Å². The zero-order valence-corrected chi connectivity index (χ0v) is 11.7. The minimum atomic E-state index is -0.739. The number of ether oxygens (including phenoxy) is 2. The van der Waals surface area contributed by atoms with Gasteiger partial charge in [0.05, 0.1) is 5.88 Å². The maximum absolute atomic E-state index is 11.8. The third-order valence-electron chi connectivity index (χ3n) is 1.84. The van der Waals surface area contributed by atoms with Crippen LogP contribution in [-0.2, 0) is 14.3 Å². The van der Waals surface area contributed by atoms with E-state index in [9.17, 15) is 9.59 Å². The first-order chi connectivity index (χ1) is 8.20. The van der Waals surface area contributed by atoms with E-state index in [0.29, 0.717) is 5.88 Å². The highest BCUT2D eigenvalue weighted by Gasteiger charge is 2.30. The lowest BCUT2D eigenvalue weighted by Gasteiger charge is -2.25. The smallest absolute Gasteiger partial charge is 0.417 e. The maximum atomic E-state index is 11.8. The number of rotatable bonds is 2. The number of esters is 1. The van der Waals surface area contributed by atoms with Gasteiger partial charge in [-0.3, -0.25) is 0 Å². The van der Waals surface area contributed by atoms with Crippen LogP contribution in [0.15, 0.2) is 11.3 Å². The van der Waals surface area contributed by atoms with Gasteiger partial charge in [-0.25, -0.2) is 14.5 Å². The lowest BCUT2D eigenvalue weighted by Crippen LogP contribution is -2.37. The standard InChI is InChI=1S/C11H18N2O4S/c1-7(12)9(14)16-8-5-18-6-13(8)10(15)17-11(2,3)4/h5,7H,6,12H2,1-4H3/t7-/m0/s1. The first kappa shape index (κ1) is 14.8. The highest BCUT2D eigenvalue weighted by molar-refractivity contribution is 8.02. The van der Waals surface area contributed by atoms with Crippen molar-refractivity contribution in [2.45, 2.75) is 39.3 Å². The molecular formula is C11H18N2O4S. The first-order valence-corrected chi connectivity index (χ1v) is 6.55. The molecule has 0 aromatic heterocycles. The molecule has 0 fully saturated rings. The number of carbonyl (C=O) groups excluding carboxylic acids is 2.